The molecule has 7 nitrogen and oxygen atoms in total. The van der Waals surface area contributed by atoms with Gasteiger partial charge in [-0.3, -0.25) is 4.79 Å². The summed E-state index contributed by atoms with van der Waals surface area (Å²) in [7, 11) is 0. The molecule has 4 N–H and O–H groups in total. The Kier molecular flexibility index (Phi) is 11.2. The SMILES string of the molecule is CCCCCCCCCCCC(=O)OC[C@H]1O[C@H](O)[C@@H](O)[C@@H](O)[C@@H]1O. The predicted octanol–water partition coefficient (Wildman–Crippen LogP) is 1.25. The number of ether oxygens (including phenoxy) is 2. The third kappa shape index (κ3) is 8.46. The van der Waals surface area contributed by atoms with Crippen molar-refractivity contribution in [2.45, 2.75) is 102 Å². The summed E-state index contributed by atoms with van der Waals surface area (Å²) in [5.41, 5.74) is 0. The normalized spacial score (nSPS) is 29.6. The highest BCUT2D eigenvalue weighted by atomic mass is 16.6. The van der Waals surface area contributed by atoms with Gasteiger partial charge in [0.05, 0.1) is 0 Å². The van der Waals surface area contributed by atoms with E-state index in [0.29, 0.717) is 6.42 Å². The molecule has 0 aromatic rings. The average Bonchev–Trinajstić information content (AvgIpc) is 2.60. The van der Waals surface area contributed by atoms with E-state index in [-0.39, 0.29) is 6.61 Å². The first-order chi connectivity index (χ1) is 12.0. The van der Waals surface area contributed by atoms with Crippen LogP contribution in [0.25, 0.3) is 0 Å². The number of carbonyl (C=O) groups is 1. The van der Waals surface area contributed by atoms with Crippen molar-refractivity contribution < 1.29 is 34.7 Å². The Morgan fingerprint density at radius 1 is 0.840 bits per heavy atom. The summed E-state index contributed by atoms with van der Waals surface area (Å²) < 4.78 is 9.98. The van der Waals surface area contributed by atoms with E-state index in [1.807, 2.05) is 0 Å². The fraction of sp³-hybridized carbons (Fsp3) is 0.944. The van der Waals surface area contributed by atoms with Crippen LogP contribution in [0, 0.1) is 0 Å². The van der Waals surface area contributed by atoms with Crippen molar-refractivity contribution in [3.05, 3.63) is 0 Å². The number of hydrogen-bond acceptors (Lipinski definition) is 7. The highest BCUT2D eigenvalue weighted by Gasteiger charge is 2.43. The fourth-order valence-corrected chi connectivity index (χ4v) is 2.90. The molecule has 1 heterocycles. The van der Waals surface area contributed by atoms with Crippen LogP contribution in [0.3, 0.4) is 0 Å². The van der Waals surface area contributed by atoms with E-state index in [1.165, 1.54) is 38.5 Å². The van der Waals surface area contributed by atoms with Gasteiger partial charge in [0.1, 0.15) is 31.0 Å². The maximum atomic E-state index is 11.7. The summed E-state index contributed by atoms with van der Waals surface area (Å²) in [4.78, 5) is 11.7. The van der Waals surface area contributed by atoms with Gasteiger partial charge in [-0.05, 0) is 6.42 Å². The molecular formula is C18H34O7. The Labute approximate surface area is 150 Å². The fourth-order valence-electron chi connectivity index (χ4n) is 2.90. The first-order valence-corrected chi connectivity index (χ1v) is 9.50. The molecule has 148 valence electrons. The number of rotatable bonds is 12. The van der Waals surface area contributed by atoms with Gasteiger partial charge in [0.2, 0.25) is 0 Å². The lowest BCUT2D eigenvalue weighted by atomic mass is 9.99. The van der Waals surface area contributed by atoms with Crippen LogP contribution in [0.4, 0.5) is 0 Å². The summed E-state index contributed by atoms with van der Waals surface area (Å²) in [6, 6.07) is 0. The van der Waals surface area contributed by atoms with Crippen molar-refractivity contribution in [3.8, 4) is 0 Å². The summed E-state index contributed by atoms with van der Waals surface area (Å²) >= 11 is 0. The molecule has 0 saturated carbocycles. The zero-order valence-corrected chi connectivity index (χ0v) is 15.2. The summed E-state index contributed by atoms with van der Waals surface area (Å²) in [5.74, 6) is -0.395. The number of esters is 1. The molecule has 1 aliphatic rings. The monoisotopic (exact) mass is 362 g/mol. The molecule has 0 unspecified atom stereocenters. The molecule has 1 rings (SSSR count). The molecule has 7 heteroatoms. The second-order valence-corrected chi connectivity index (χ2v) is 6.80. The molecule has 1 aliphatic heterocycles. The lowest BCUT2D eigenvalue weighted by Crippen LogP contribution is -2.58. The van der Waals surface area contributed by atoms with E-state index in [0.717, 1.165) is 19.3 Å². The van der Waals surface area contributed by atoms with E-state index < -0.39 is 36.7 Å². The second kappa shape index (κ2) is 12.6. The molecule has 0 aromatic heterocycles. The van der Waals surface area contributed by atoms with Gasteiger partial charge in [-0.1, -0.05) is 58.3 Å². The van der Waals surface area contributed by atoms with Crippen LogP contribution < -0.4 is 0 Å². The molecular weight excluding hydrogens is 328 g/mol. The minimum absolute atomic E-state index is 0.266. The number of hydrogen-bond donors (Lipinski definition) is 4. The van der Waals surface area contributed by atoms with E-state index in [4.69, 9.17) is 9.47 Å². The van der Waals surface area contributed by atoms with Gasteiger partial charge in [0.25, 0.3) is 0 Å². The number of aliphatic hydroxyl groups is 4. The highest BCUT2D eigenvalue weighted by Crippen LogP contribution is 2.20. The van der Waals surface area contributed by atoms with Crippen molar-refractivity contribution in [1.29, 1.82) is 0 Å². The molecule has 0 aromatic carbocycles. The van der Waals surface area contributed by atoms with Crippen LogP contribution >= 0.6 is 0 Å². The van der Waals surface area contributed by atoms with E-state index >= 15 is 0 Å². The largest absolute Gasteiger partial charge is 0.463 e. The zero-order valence-electron chi connectivity index (χ0n) is 15.2. The van der Waals surface area contributed by atoms with Crippen LogP contribution in [0.1, 0.15) is 71.1 Å². The maximum Gasteiger partial charge on any atom is 0.305 e. The van der Waals surface area contributed by atoms with Gasteiger partial charge in [-0.25, -0.2) is 0 Å². The summed E-state index contributed by atoms with van der Waals surface area (Å²) in [5, 5.41) is 38.1. The van der Waals surface area contributed by atoms with Gasteiger partial charge in [-0.15, -0.1) is 0 Å². The molecule has 5 atom stereocenters. The number of carbonyl (C=O) groups excluding carboxylic acids is 1. The standard InChI is InChI=1S/C18H34O7/c1-2-3-4-5-6-7-8-9-10-11-14(19)24-12-13-15(20)16(21)17(22)18(23)25-13/h13,15-18,20-23H,2-12H2,1H3/t13-,15-,16+,17+,18+/m1/s1. The van der Waals surface area contributed by atoms with Crippen LogP contribution in [-0.4, -0.2) is 63.7 Å². The van der Waals surface area contributed by atoms with E-state index in [2.05, 4.69) is 6.92 Å². The van der Waals surface area contributed by atoms with Gasteiger partial charge in [-0.2, -0.15) is 0 Å². The minimum Gasteiger partial charge on any atom is -0.463 e. The summed E-state index contributed by atoms with van der Waals surface area (Å²) in [6.45, 7) is 1.94. The van der Waals surface area contributed by atoms with E-state index in [9.17, 15) is 25.2 Å². The molecule has 0 spiro atoms. The van der Waals surface area contributed by atoms with Gasteiger partial charge in [0.15, 0.2) is 6.29 Å². The van der Waals surface area contributed by atoms with Crippen LogP contribution in [0.15, 0.2) is 0 Å². The topological polar surface area (TPSA) is 116 Å². The lowest BCUT2D eigenvalue weighted by molar-refractivity contribution is -0.287. The molecule has 0 amide bonds. The first-order valence-electron chi connectivity index (χ1n) is 9.50. The van der Waals surface area contributed by atoms with Crippen LogP contribution in [0.5, 0.6) is 0 Å². The van der Waals surface area contributed by atoms with E-state index in [1.54, 1.807) is 0 Å². The lowest BCUT2D eigenvalue weighted by Gasteiger charge is -2.37. The third-order valence-electron chi connectivity index (χ3n) is 4.58. The van der Waals surface area contributed by atoms with Gasteiger partial charge in [0, 0.05) is 6.42 Å². The number of aliphatic hydroxyl groups excluding tert-OH is 4. The quantitative estimate of drug-likeness (QED) is 0.305. The Balaban J connectivity index is 2.05. The minimum atomic E-state index is -1.61. The van der Waals surface area contributed by atoms with Crippen molar-refractivity contribution in [2.24, 2.45) is 0 Å². The molecule has 0 bridgehead atoms. The Morgan fingerprint density at radius 3 is 2.00 bits per heavy atom. The van der Waals surface area contributed by atoms with Crippen molar-refractivity contribution in [3.63, 3.8) is 0 Å². The molecule has 25 heavy (non-hydrogen) atoms. The molecule has 1 fully saturated rings. The smallest absolute Gasteiger partial charge is 0.305 e. The van der Waals surface area contributed by atoms with Crippen molar-refractivity contribution in [2.75, 3.05) is 6.61 Å². The third-order valence-corrected chi connectivity index (χ3v) is 4.58. The van der Waals surface area contributed by atoms with Crippen molar-refractivity contribution in [1.82, 2.24) is 0 Å². The molecule has 0 aliphatic carbocycles. The Hall–Kier alpha value is -0.730. The van der Waals surface area contributed by atoms with Gasteiger partial charge >= 0.3 is 5.97 Å². The maximum absolute atomic E-state index is 11.7. The van der Waals surface area contributed by atoms with Crippen molar-refractivity contribution >= 4 is 5.97 Å². The predicted molar refractivity (Wildman–Crippen MR) is 91.7 cm³/mol. The summed E-state index contributed by atoms with van der Waals surface area (Å²) in [6.07, 6.45) is 3.53. The first kappa shape index (κ1) is 22.3. The second-order valence-electron chi connectivity index (χ2n) is 6.80. The van der Waals surface area contributed by atoms with Crippen LogP contribution in [0.2, 0.25) is 0 Å². The molecule has 0 radical (unpaired) electrons. The van der Waals surface area contributed by atoms with Crippen LogP contribution in [-0.2, 0) is 14.3 Å². The van der Waals surface area contributed by atoms with Gasteiger partial charge < -0.3 is 29.9 Å². The number of unbranched alkanes of at least 4 members (excludes halogenated alkanes) is 8. The molecule has 1 saturated heterocycles. The highest BCUT2D eigenvalue weighted by molar-refractivity contribution is 5.69. The Morgan fingerprint density at radius 2 is 1.40 bits per heavy atom. The Bertz CT molecular complexity index is 363. The average molecular weight is 362 g/mol. The zero-order chi connectivity index (χ0) is 18.7.